The molecule has 0 radical (unpaired) electrons. The summed E-state index contributed by atoms with van der Waals surface area (Å²) >= 11 is 0. The standard InChI is InChI=1S/C34H56N4O13.C21H43N5O7/c1-16(39)13-23-14-25(38-19(4)41)28(50-32-24(37-18(3)40)11-12-26(48-32)17(2)35-9)29(46-20(5)42)27(23)49-33-30(47-21(6)43)31(36-10)34(8,15-45-33)51-22(7)44;1-10(24-3)15-6-5-12(22)19(31-15)33-26-11-7-13(23)17(14(27)8-11)32-20-16(28)18(25-4)21(2,29)9-30-20/h17,23-33,35-36H,11-15H2,1-10H3,(H,37,40)(H,38,41);10-20,24-29H,5-9,22-23H2,1-4H3/t17?,23?,24-,25?,26?,27+,28+,29+,30+,31-,32?,33+,34?;10?,11?,12-,13?,14-,15?,16+,17+,18-,19?,20+,21?/m00/s1. The summed E-state index contributed by atoms with van der Waals surface area (Å²) in [5, 5.41) is 49.8. The van der Waals surface area contributed by atoms with Crippen LogP contribution in [0.3, 0.4) is 0 Å². The Balaban J connectivity index is 0.000000336. The zero-order chi connectivity index (χ0) is 62.5. The van der Waals surface area contributed by atoms with Gasteiger partial charge in [-0.1, -0.05) is 0 Å². The van der Waals surface area contributed by atoms with Gasteiger partial charge in [0.2, 0.25) is 11.8 Å². The lowest BCUT2D eigenvalue weighted by Gasteiger charge is -2.51. The fourth-order valence-electron chi connectivity index (χ4n) is 12.3. The third kappa shape index (κ3) is 19.2. The zero-order valence-corrected chi connectivity index (χ0v) is 51.3. The number of ketones is 1. The molecule has 484 valence electrons. The molecule has 14 N–H and O–H groups in total. The van der Waals surface area contributed by atoms with Crippen molar-refractivity contribution < 1.29 is 96.3 Å². The lowest BCUT2D eigenvalue weighted by molar-refractivity contribution is -0.317. The van der Waals surface area contributed by atoms with Crippen LogP contribution in [0.4, 0.5) is 0 Å². The van der Waals surface area contributed by atoms with Crippen LogP contribution in [0.2, 0.25) is 0 Å². The largest absolute Gasteiger partial charge is 0.457 e. The van der Waals surface area contributed by atoms with Crippen molar-refractivity contribution in [1.82, 2.24) is 37.4 Å². The molecule has 0 aromatic heterocycles. The number of nitrogens with two attached hydrogens (primary N) is 2. The van der Waals surface area contributed by atoms with Crippen molar-refractivity contribution in [3.05, 3.63) is 0 Å². The number of aliphatic hydroxyl groups is 3. The highest BCUT2D eigenvalue weighted by Crippen LogP contribution is 2.40. The molecule has 6 rings (SSSR count). The number of esters is 3. The predicted molar refractivity (Wildman–Crippen MR) is 298 cm³/mol. The molecule has 0 aromatic rings. The van der Waals surface area contributed by atoms with Gasteiger partial charge >= 0.3 is 17.9 Å². The Morgan fingerprint density at radius 3 is 1.70 bits per heavy atom. The monoisotopic (exact) mass is 1210 g/mol. The maximum Gasteiger partial charge on any atom is 0.303 e. The molecular formula is C55H99N9O20. The number of ether oxygens (including phenoxy) is 10. The summed E-state index contributed by atoms with van der Waals surface area (Å²) in [6.07, 6.45) is -8.02. The van der Waals surface area contributed by atoms with E-state index >= 15 is 0 Å². The van der Waals surface area contributed by atoms with Crippen LogP contribution in [0.5, 0.6) is 0 Å². The number of hydrogen-bond acceptors (Lipinski definition) is 27. The van der Waals surface area contributed by atoms with Gasteiger partial charge in [0.05, 0.1) is 61.7 Å². The van der Waals surface area contributed by atoms with E-state index in [2.05, 4.69) is 44.3 Å². The van der Waals surface area contributed by atoms with Crippen molar-refractivity contribution >= 4 is 35.5 Å². The summed E-state index contributed by atoms with van der Waals surface area (Å²) < 4.78 is 60.5. The first kappa shape index (κ1) is 71.1. The van der Waals surface area contributed by atoms with Gasteiger partial charge in [0, 0.05) is 65.2 Å². The third-order valence-corrected chi connectivity index (χ3v) is 16.6. The van der Waals surface area contributed by atoms with Crippen LogP contribution in [-0.2, 0) is 81.0 Å². The molecule has 0 spiro atoms. The van der Waals surface area contributed by atoms with Crippen molar-refractivity contribution in [3.8, 4) is 0 Å². The molecule has 6 aliphatic rings. The van der Waals surface area contributed by atoms with Gasteiger partial charge in [0.25, 0.3) is 0 Å². The second kappa shape index (κ2) is 32.0. The molecule has 29 heteroatoms. The first-order valence-electron chi connectivity index (χ1n) is 29.2. The molecule has 0 bridgehead atoms. The quantitative estimate of drug-likeness (QED) is 0.0297. The van der Waals surface area contributed by atoms with E-state index in [1.54, 1.807) is 35.0 Å². The van der Waals surface area contributed by atoms with E-state index in [9.17, 15) is 44.1 Å². The highest BCUT2D eigenvalue weighted by molar-refractivity contribution is 5.76. The van der Waals surface area contributed by atoms with Gasteiger partial charge in [-0.2, -0.15) is 5.48 Å². The van der Waals surface area contributed by atoms with Gasteiger partial charge in [0.15, 0.2) is 43.0 Å². The maximum absolute atomic E-state index is 12.8. The molecule has 29 nitrogen and oxygen atoms in total. The Bertz CT molecular complexity index is 2150. The molecule has 84 heavy (non-hydrogen) atoms. The lowest BCUT2D eigenvalue weighted by Crippen LogP contribution is -2.69. The highest BCUT2D eigenvalue weighted by atomic mass is 16.8. The van der Waals surface area contributed by atoms with Crippen LogP contribution in [0, 0.1) is 5.92 Å². The fourth-order valence-corrected chi connectivity index (χ4v) is 12.3. The minimum atomic E-state index is -1.30. The van der Waals surface area contributed by atoms with Crippen molar-refractivity contribution in [2.45, 2.75) is 266 Å². The summed E-state index contributed by atoms with van der Waals surface area (Å²) in [5.74, 6) is -3.50. The molecule has 2 aliphatic carbocycles. The van der Waals surface area contributed by atoms with Crippen molar-refractivity contribution in [3.63, 3.8) is 0 Å². The van der Waals surface area contributed by atoms with Crippen LogP contribution in [-0.4, -0.2) is 238 Å². The number of carbonyl (C=O) groups excluding carboxylic acids is 6. The van der Waals surface area contributed by atoms with Gasteiger partial charge in [-0.15, -0.1) is 0 Å². The first-order valence-corrected chi connectivity index (χ1v) is 29.2. The Labute approximate surface area is 493 Å². The van der Waals surface area contributed by atoms with E-state index in [0.717, 1.165) is 12.8 Å². The first-order chi connectivity index (χ1) is 39.4. The predicted octanol–water partition coefficient (Wildman–Crippen LogP) is -2.75. The minimum absolute atomic E-state index is 0.00252. The summed E-state index contributed by atoms with van der Waals surface area (Å²) in [7, 11) is 6.94. The summed E-state index contributed by atoms with van der Waals surface area (Å²) in [6, 6.07) is -3.75. The average Bonchev–Trinajstić information content (AvgIpc) is 1.67. The minimum Gasteiger partial charge on any atom is -0.457 e. The van der Waals surface area contributed by atoms with Crippen molar-refractivity contribution in [2.24, 2.45) is 17.4 Å². The maximum atomic E-state index is 12.8. The normalized spacial score (nSPS) is 40.6. The number of aliphatic hydroxyl groups excluding tert-OH is 2. The van der Waals surface area contributed by atoms with Crippen LogP contribution >= 0.6 is 0 Å². The molecule has 4 heterocycles. The fraction of sp³-hybridized carbons (Fsp3) is 0.891. The van der Waals surface area contributed by atoms with Gasteiger partial charge in [-0.05, 0) is 114 Å². The molecule has 2 amide bonds. The topological polar surface area (TPSA) is 401 Å². The number of Topliss-reactive ketones (excluding diaryl/α,β-unsaturated/α-hetero) is 1. The molecule has 25 atom stereocenters. The Morgan fingerprint density at radius 1 is 0.607 bits per heavy atom. The summed E-state index contributed by atoms with van der Waals surface area (Å²) in [6.45, 7) is 14.8. The lowest BCUT2D eigenvalue weighted by atomic mass is 9.76. The zero-order valence-electron chi connectivity index (χ0n) is 51.3. The van der Waals surface area contributed by atoms with E-state index in [-0.39, 0.29) is 74.1 Å². The van der Waals surface area contributed by atoms with Gasteiger partial charge in [0.1, 0.15) is 35.8 Å². The van der Waals surface area contributed by atoms with Crippen molar-refractivity contribution in [1.29, 1.82) is 0 Å². The molecular weight excluding hydrogens is 1110 g/mol. The van der Waals surface area contributed by atoms with Crippen molar-refractivity contribution in [2.75, 3.05) is 41.4 Å². The Hall–Kier alpha value is -3.70. The second-order valence-corrected chi connectivity index (χ2v) is 23.8. The van der Waals surface area contributed by atoms with Crippen LogP contribution in [0.1, 0.15) is 121 Å². The third-order valence-electron chi connectivity index (χ3n) is 16.6. The highest BCUT2D eigenvalue weighted by Gasteiger charge is 2.57. The molecule has 6 fully saturated rings. The van der Waals surface area contributed by atoms with E-state index in [1.807, 2.05) is 14.0 Å². The van der Waals surface area contributed by atoms with Crippen LogP contribution < -0.4 is 48.8 Å². The van der Waals surface area contributed by atoms with E-state index < -0.39 is 139 Å². The number of rotatable bonds is 22. The van der Waals surface area contributed by atoms with E-state index in [4.69, 9.17) is 63.7 Å². The van der Waals surface area contributed by atoms with E-state index in [1.165, 1.54) is 41.5 Å². The SMILES string of the molecule is CNC(C)C1CC[C@H](N)C(ONC2CC(N)[C@@H](O[C@H]3OCC(C)(O)[C@@H](NC)[C@H]3O)[C@@H](O)C2)O1.CNC(C)C1CC[C@H](NC(C)=O)C(O[C@@H]2C(NC(C)=O)CC(CC(C)=O)[C@@H](O[C@H]3OCC(C)(OC(C)=O)[C@@H](NC)[C@H]3OC(C)=O)[C@H]2OC(C)=O)O1. The Kier molecular flexibility index (Phi) is 27.1. The van der Waals surface area contributed by atoms with Gasteiger partial charge in [-0.3, -0.25) is 28.8 Å². The average molecular weight is 1210 g/mol. The van der Waals surface area contributed by atoms with Gasteiger partial charge < -0.3 is 111 Å². The molecule has 2 saturated carbocycles. The smallest absolute Gasteiger partial charge is 0.303 e. The second-order valence-electron chi connectivity index (χ2n) is 23.8. The Morgan fingerprint density at radius 2 is 1.15 bits per heavy atom. The number of hydrogen-bond donors (Lipinski definition) is 12. The number of carbonyl (C=O) groups is 6. The van der Waals surface area contributed by atoms with Crippen LogP contribution in [0.25, 0.3) is 0 Å². The summed E-state index contributed by atoms with van der Waals surface area (Å²) in [5.41, 5.74) is 12.9. The number of amides is 2. The number of likely N-dealkylation sites (N-methyl/N-ethyl adjacent to an activating group) is 4. The van der Waals surface area contributed by atoms with E-state index in [0.29, 0.717) is 25.7 Å². The number of hydroxylamine groups is 1. The molecule has 4 saturated heterocycles. The number of nitrogens with one attached hydrogen (secondary N) is 7. The molecule has 12 unspecified atom stereocenters. The molecule has 4 aliphatic heterocycles. The van der Waals surface area contributed by atoms with Gasteiger partial charge in [-0.25, -0.2) is 0 Å². The molecule has 0 aromatic carbocycles. The summed E-state index contributed by atoms with van der Waals surface area (Å²) in [4.78, 5) is 80.5. The van der Waals surface area contributed by atoms with Crippen LogP contribution in [0.15, 0.2) is 0 Å².